The van der Waals surface area contributed by atoms with Crippen molar-refractivity contribution < 1.29 is 27.9 Å². The van der Waals surface area contributed by atoms with Crippen LogP contribution in [0.15, 0.2) is 95.0 Å². The summed E-state index contributed by atoms with van der Waals surface area (Å²) in [4.78, 5) is 37.2. The molecule has 3 aromatic rings. The molecule has 0 aliphatic heterocycles. The number of alkyl carbamates (subject to hydrolysis) is 1. The van der Waals surface area contributed by atoms with E-state index >= 15 is 0 Å². The first-order valence-corrected chi connectivity index (χ1v) is 17.3. The summed E-state index contributed by atoms with van der Waals surface area (Å²) >= 11 is 0. The molecular weight excluding hydrogens is 620 g/mol. The molecule has 3 N–H and O–H groups in total. The smallest absolute Gasteiger partial charge is 0.408 e. The number of sulfonamides is 1. The molecule has 0 bridgehead atoms. The highest BCUT2D eigenvalue weighted by molar-refractivity contribution is 7.89. The highest BCUT2D eigenvalue weighted by atomic mass is 32.2. The number of aliphatic hydroxyl groups is 1. The lowest BCUT2D eigenvalue weighted by Crippen LogP contribution is -2.57. The third kappa shape index (κ3) is 11.6. The van der Waals surface area contributed by atoms with Crippen LogP contribution >= 0.6 is 0 Å². The average molecular weight is 667 g/mol. The molecule has 12 heteroatoms. The number of carbonyl (C=O) groups excluding carboxylic acids is 2. The van der Waals surface area contributed by atoms with Crippen LogP contribution < -0.4 is 10.6 Å². The molecule has 254 valence electrons. The SMILES string of the molecule is CC[C@H](C)[C@H](NC(=O)OCc1ccccc1)C(=O)N[C@@H](Cc1ccccc1)[C@H](O)CN(CC(C)C)S(=O)(=O)c1ccc(CN=O)cc1. The van der Waals surface area contributed by atoms with Gasteiger partial charge in [0.25, 0.3) is 0 Å². The van der Waals surface area contributed by atoms with Crippen molar-refractivity contribution in [2.75, 3.05) is 13.1 Å². The summed E-state index contributed by atoms with van der Waals surface area (Å²) in [6, 6.07) is 22.4. The topological polar surface area (TPSA) is 154 Å². The second kappa shape index (κ2) is 18.3. The van der Waals surface area contributed by atoms with Crippen molar-refractivity contribution in [3.8, 4) is 0 Å². The fraction of sp³-hybridized carbons (Fsp3) is 0.429. The van der Waals surface area contributed by atoms with E-state index in [-0.39, 0.29) is 49.4 Å². The van der Waals surface area contributed by atoms with Crippen LogP contribution in [0.25, 0.3) is 0 Å². The third-order valence-electron chi connectivity index (χ3n) is 7.84. The van der Waals surface area contributed by atoms with Gasteiger partial charge in [0.2, 0.25) is 15.9 Å². The number of hydrogen-bond donors (Lipinski definition) is 3. The lowest BCUT2D eigenvalue weighted by Gasteiger charge is -2.32. The molecule has 0 unspecified atom stereocenters. The van der Waals surface area contributed by atoms with E-state index in [0.717, 1.165) is 11.1 Å². The largest absolute Gasteiger partial charge is 0.445 e. The number of rotatable bonds is 18. The number of amides is 2. The highest BCUT2D eigenvalue weighted by Crippen LogP contribution is 2.21. The van der Waals surface area contributed by atoms with E-state index in [1.807, 2.05) is 88.4 Å². The Kier molecular flexibility index (Phi) is 14.5. The maximum Gasteiger partial charge on any atom is 0.408 e. The number of benzene rings is 3. The maximum atomic E-state index is 13.8. The number of nitrogens with zero attached hydrogens (tertiary/aromatic N) is 2. The first-order valence-electron chi connectivity index (χ1n) is 15.8. The lowest BCUT2D eigenvalue weighted by atomic mass is 9.96. The van der Waals surface area contributed by atoms with Gasteiger partial charge in [0.15, 0.2) is 0 Å². The van der Waals surface area contributed by atoms with Crippen molar-refractivity contribution in [1.29, 1.82) is 0 Å². The zero-order valence-corrected chi connectivity index (χ0v) is 28.2. The van der Waals surface area contributed by atoms with Crippen molar-refractivity contribution in [1.82, 2.24) is 14.9 Å². The Hall–Kier alpha value is -4.13. The van der Waals surface area contributed by atoms with E-state index < -0.39 is 40.2 Å². The molecule has 0 aromatic heterocycles. The first kappa shape index (κ1) is 37.3. The predicted octanol–water partition coefficient (Wildman–Crippen LogP) is 5.03. The van der Waals surface area contributed by atoms with Crippen molar-refractivity contribution in [3.63, 3.8) is 0 Å². The fourth-order valence-corrected chi connectivity index (χ4v) is 6.64. The summed E-state index contributed by atoms with van der Waals surface area (Å²) in [5.74, 6) is -0.865. The van der Waals surface area contributed by atoms with Gasteiger partial charge < -0.3 is 20.5 Å². The summed E-state index contributed by atoms with van der Waals surface area (Å²) in [5.41, 5.74) is 2.20. The van der Waals surface area contributed by atoms with Gasteiger partial charge in [-0.1, -0.05) is 112 Å². The van der Waals surface area contributed by atoms with E-state index in [1.165, 1.54) is 28.6 Å². The Morgan fingerprint density at radius 2 is 1.45 bits per heavy atom. The number of aliphatic hydroxyl groups excluding tert-OH is 1. The summed E-state index contributed by atoms with van der Waals surface area (Å²) in [6.45, 7) is 7.25. The maximum absolute atomic E-state index is 13.8. The highest BCUT2D eigenvalue weighted by Gasteiger charge is 2.34. The zero-order chi connectivity index (χ0) is 34.4. The summed E-state index contributed by atoms with van der Waals surface area (Å²) in [5, 5.41) is 20.1. The van der Waals surface area contributed by atoms with Crippen LogP contribution in [-0.4, -0.2) is 61.1 Å². The number of ether oxygens (including phenoxy) is 1. The van der Waals surface area contributed by atoms with Gasteiger partial charge in [-0.05, 0) is 47.1 Å². The van der Waals surface area contributed by atoms with Crippen molar-refractivity contribution in [2.24, 2.45) is 17.0 Å². The molecule has 47 heavy (non-hydrogen) atoms. The molecule has 3 aromatic carbocycles. The van der Waals surface area contributed by atoms with E-state index in [1.54, 1.807) is 0 Å². The second-order valence-corrected chi connectivity index (χ2v) is 14.0. The Morgan fingerprint density at radius 1 is 0.851 bits per heavy atom. The molecule has 2 amide bonds. The number of carbonyl (C=O) groups is 2. The van der Waals surface area contributed by atoms with E-state index in [0.29, 0.717) is 12.0 Å². The Balaban J connectivity index is 1.84. The second-order valence-electron chi connectivity index (χ2n) is 12.1. The minimum absolute atomic E-state index is 0.0127. The van der Waals surface area contributed by atoms with Crippen LogP contribution in [0.5, 0.6) is 0 Å². The van der Waals surface area contributed by atoms with E-state index in [9.17, 15) is 28.0 Å². The molecule has 0 saturated heterocycles. The molecule has 0 spiro atoms. The van der Waals surface area contributed by atoms with Crippen LogP contribution in [-0.2, 0) is 39.1 Å². The van der Waals surface area contributed by atoms with Gasteiger partial charge in [0.1, 0.15) is 19.2 Å². The minimum Gasteiger partial charge on any atom is -0.445 e. The van der Waals surface area contributed by atoms with Gasteiger partial charge in [-0.2, -0.15) is 9.21 Å². The summed E-state index contributed by atoms with van der Waals surface area (Å²) in [7, 11) is -4.06. The van der Waals surface area contributed by atoms with Crippen molar-refractivity contribution in [3.05, 3.63) is 107 Å². The Labute approximate surface area is 277 Å². The molecule has 0 heterocycles. The molecule has 3 rings (SSSR count). The number of nitrogens with one attached hydrogen (secondary N) is 2. The van der Waals surface area contributed by atoms with Gasteiger partial charge in [0, 0.05) is 13.1 Å². The van der Waals surface area contributed by atoms with Crippen LogP contribution in [0.3, 0.4) is 0 Å². The van der Waals surface area contributed by atoms with Crippen molar-refractivity contribution in [2.45, 2.75) is 76.8 Å². The van der Waals surface area contributed by atoms with Gasteiger partial charge >= 0.3 is 6.09 Å². The number of nitroso groups, excluding NO2 is 1. The minimum atomic E-state index is -4.06. The van der Waals surface area contributed by atoms with Crippen LogP contribution in [0.2, 0.25) is 0 Å². The molecular formula is C35H46N4O7S. The average Bonchev–Trinajstić information content (AvgIpc) is 3.06. The lowest BCUT2D eigenvalue weighted by molar-refractivity contribution is -0.125. The monoisotopic (exact) mass is 666 g/mol. The summed E-state index contributed by atoms with van der Waals surface area (Å²) in [6.07, 6.45) is -1.28. The fourth-order valence-electron chi connectivity index (χ4n) is 5.02. The van der Waals surface area contributed by atoms with Gasteiger partial charge in [0.05, 0.1) is 17.0 Å². The third-order valence-corrected chi connectivity index (χ3v) is 9.69. The Morgan fingerprint density at radius 3 is 2.00 bits per heavy atom. The molecule has 4 atom stereocenters. The van der Waals surface area contributed by atoms with Crippen molar-refractivity contribution >= 4 is 22.0 Å². The predicted molar refractivity (Wildman–Crippen MR) is 181 cm³/mol. The molecule has 0 fully saturated rings. The van der Waals surface area contributed by atoms with Crippen LogP contribution in [0, 0.1) is 16.7 Å². The van der Waals surface area contributed by atoms with Crippen LogP contribution in [0.1, 0.15) is 50.8 Å². The molecule has 11 nitrogen and oxygen atoms in total. The van der Waals surface area contributed by atoms with E-state index in [2.05, 4.69) is 15.8 Å². The van der Waals surface area contributed by atoms with Crippen LogP contribution in [0.4, 0.5) is 4.79 Å². The molecule has 0 radical (unpaired) electrons. The summed E-state index contributed by atoms with van der Waals surface area (Å²) < 4.78 is 34.1. The van der Waals surface area contributed by atoms with Gasteiger partial charge in [-0.25, -0.2) is 13.2 Å². The molecule has 0 aliphatic carbocycles. The number of hydrogen-bond acceptors (Lipinski definition) is 8. The quantitative estimate of drug-likeness (QED) is 0.161. The normalized spacial score (nSPS) is 14.2. The first-order chi connectivity index (χ1) is 22.4. The molecule has 0 aliphatic rings. The van der Waals surface area contributed by atoms with Gasteiger partial charge in [-0.15, -0.1) is 0 Å². The Bertz CT molecular complexity index is 1520. The van der Waals surface area contributed by atoms with E-state index in [4.69, 9.17) is 4.74 Å². The standard InChI is InChI=1S/C35H46N4O7S/c1-5-26(4)33(38-35(42)46-24-29-14-10-7-11-15-29)34(41)37-31(20-27-12-8-6-9-13-27)32(40)23-39(22-25(2)3)47(44,45)30-18-16-28(17-19-30)21-36-43/h6-19,25-26,31-33,40H,5,20-24H2,1-4H3,(H,37,41)(H,38,42)/t26-,31-,32+,33-/m0/s1. The van der Waals surface area contributed by atoms with Gasteiger partial charge in [-0.3, -0.25) is 4.79 Å². The zero-order valence-electron chi connectivity index (χ0n) is 27.4. The molecule has 0 saturated carbocycles.